The van der Waals surface area contributed by atoms with Crippen molar-refractivity contribution < 1.29 is 29.9 Å². The molecule has 1 amide bonds. The number of rotatable bonds is 6. The van der Waals surface area contributed by atoms with E-state index >= 15 is 0 Å². The van der Waals surface area contributed by atoms with Crippen LogP contribution in [-0.2, 0) is 11.2 Å². The first kappa shape index (κ1) is 19.5. The average molecular weight is 397 g/mol. The average Bonchev–Trinajstić information content (AvgIpc) is 2.68. The summed E-state index contributed by atoms with van der Waals surface area (Å²) in [6.45, 7) is 0. The van der Waals surface area contributed by atoms with Crippen LogP contribution in [0.4, 0.5) is 0 Å². The molecule has 1 aromatic heterocycles. The fraction of sp³-hybridized carbons (Fsp3) is 0.105. The first-order valence-electron chi connectivity index (χ1n) is 8.36. The minimum atomic E-state index is -1.82. The third-order valence-corrected chi connectivity index (χ3v) is 4.25. The van der Waals surface area contributed by atoms with E-state index in [0.29, 0.717) is 5.56 Å². The number of nitro groups is 1. The topological polar surface area (TPSA) is 154 Å². The van der Waals surface area contributed by atoms with Crippen LogP contribution in [0.15, 0.2) is 54.6 Å². The van der Waals surface area contributed by atoms with E-state index in [1.165, 1.54) is 18.2 Å². The second-order valence-electron chi connectivity index (χ2n) is 6.13. The fourth-order valence-corrected chi connectivity index (χ4v) is 2.89. The highest BCUT2D eigenvalue weighted by Gasteiger charge is 2.40. The lowest BCUT2D eigenvalue weighted by Crippen LogP contribution is -2.49. The van der Waals surface area contributed by atoms with Crippen molar-refractivity contribution in [3.05, 3.63) is 76.0 Å². The first-order chi connectivity index (χ1) is 13.8. The van der Waals surface area contributed by atoms with Gasteiger partial charge in [0.25, 0.3) is 0 Å². The lowest BCUT2D eigenvalue weighted by Gasteiger charge is -2.19. The predicted molar refractivity (Wildman–Crippen MR) is 99.8 cm³/mol. The molecule has 2 aromatic carbocycles. The molecule has 3 N–H and O–H groups in total. The van der Waals surface area contributed by atoms with Crippen LogP contribution in [0.5, 0.6) is 11.5 Å². The van der Waals surface area contributed by atoms with Gasteiger partial charge in [-0.05, 0) is 22.7 Å². The number of carboxylic acid groups (broad SMARTS) is 1. The van der Waals surface area contributed by atoms with E-state index in [4.69, 9.17) is 0 Å². The van der Waals surface area contributed by atoms with Crippen LogP contribution in [0, 0.1) is 10.1 Å². The summed E-state index contributed by atoms with van der Waals surface area (Å²) in [4.78, 5) is 40.0. The number of aromatic nitrogens is 1. The Morgan fingerprint density at radius 1 is 1.07 bits per heavy atom. The van der Waals surface area contributed by atoms with Gasteiger partial charge in [-0.15, -0.1) is 0 Å². The van der Waals surface area contributed by atoms with Gasteiger partial charge in [-0.3, -0.25) is 4.79 Å². The monoisotopic (exact) mass is 397 g/mol. The Morgan fingerprint density at radius 2 is 1.76 bits per heavy atom. The zero-order valence-electron chi connectivity index (χ0n) is 14.8. The van der Waals surface area contributed by atoms with E-state index in [2.05, 4.69) is 4.98 Å². The third kappa shape index (κ3) is 3.90. The number of aliphatic carboxylic acids is 1. The van der Waals surface area contributed by atoms with Gasteiger partial charge in [-0.25, -0.2) is 19.9 Å². The largest absolute Gasteiger partial charge is 0.507 e. The van der Waals surface area contributed by atoms with Crippen LogP contribution < -0.4 is 0 Å². The minimum absolute atomic E-state index is 0.0388. The second kappa shape index (κ2) is 7.80. The molecule has 1 unspecified atom stereocenters. The van der Waals surface area contributed by atoms with E-state index in [-0.39, 0.29) is 28.1 Å². The lowest BCUT2D eigenvalue weighted by atomic mass is 10.1. The number of carbonyl (C=O) groups is 2. The summed E-state index contributed by atoms with van der Waals surface area (Å²) in [5, 5.41) is 40.1. The third-order valence-electron chi connectivity index (χ3n) is 4.25. The summed E-state index contributed by atoms with van der Waals surface area (Å²) in [6, 6.07) is 11.4. The van der Waals surface area contributed by atoms with E-state index in [1.807, 2.05) is 0 Å². The zero-order valence-corrected chi connectivity index (χ0v) is 14.8. The number of aromatic hydroxyl groups is 2. The van der Waals surface area contributed by atoms with E-state index < -0.39 is 34.4 Å². The van der Waals surface area contributed by atoms with Gasteiger partial charge in [0.1, 0.15) is 22.7 Å². The van der Waals surface area contributed by atoms with Gasteiger partial charge in [-0.2, -0.15) is 0 Å². The Balaban J connectivity index is 2.05. The maximum Gasteiger partial charge on any atom is 0.333 e. The fourth-order valence-electron chi connectivity index (χ4n) is 2.89. The molecular formula is C19H15N3O7. The number of para-hydroxylation sites is 1. The van der Waals surface area contributed by atoms with Crippen LogP contribution in [-0.4, -0.2) is 48.3 Å². The van der Waals surface area contributed by atoms with Crippen LogP contribution >= 0.6 is 0 Å². The van der Waals surface area contributed by atoms with E-state index in [1.54, 1.807) is 30.3 Å². The van der Waals surface area contributed by atoms with Crippen molar-refractivity contribution in [2.75, 3.05) is 0 Å². The zero-order chi connectivity index (χ0) is 21.1. The smallest absolute Gasteiger partial charge is 0.333 e. The molecule has 148 valence electrons. The number of benzene rings is 2. The summed E-state index contributed by atoms with van der Waals surface area (Å²) in [7, 11) is 0. The number of nitrogens with zero attached hydrogens (tertiary/aromatic N) is 3. The molecular weight excluding hydrogens is 382 g/mol. The first-order valence-corrected chi connectivity index (χ1v) is 8.36. The molecule has 10 heteroatoms. The number of pyridine rings is 1. The summed E-state index contributed by atoms with van der Waals surface area (Å²) >= 11 is 0. The van der Waals surface area contributed by atoms with Gasteiger partial charge in [0, 0.05) is 17.9 Å². The lowest BCUT2D eigenvalue weighted by molar-refractivity contribution is -0.637. The van der Waals surface area contributed by atoms with Crippen molar-refractivity contribution in [3.63, 3.8) is 0 Å². The molecule has 10 nitrogen and oxygen atoms in total. The molecule has 3 rings (SSSR count). The number of fused-ring (bicyclic) bond motifs is 1. The standard InChI is InChI=1S/C19H15N3O7/c23-15-8-4-7-12-16(24)10-13(20-17(12)15)18(25)21(22(28)29)14(19(26)27)9-11-5-2-1-3-6-11/h1-8,10,14,23H,9H2,(H,20,24)(H,26,27). The number of hydrogen-bond acceptors (Lipinski definition) is 7. The SMILES string of the molecule is O=C(O)C(Cc1ccccc1)N(C(=O)c1cc(O)c2cccc(O)c2n1)[N+](=O)[O-]. The molecule has 0 aliphatic carbocycles. The highest BCUT2D eigenvalue weighted by Crippen LogP contribution is 2.30. The molecule has 0 aliphatic heterocycles. The van der Waals surface area contributed by atoms with Crippen molar-refractivity contribution in [2.24, 2.45) is 0 Å². The van der Waals surface area contributed by atoms with Crippen LogP contribution in [0.3, 0.4) is 0 Å². The summed E-state index contributed by atoms with van der Waals surface area (Å²) in [5.41, 5.74) is -0.242. The molecule has 0 saturated carbocycles. The molecule has 1 heterocycles. The van der Waals surface area contributed by atoms with Crippen LogP contribution in [0.25, 0.3) is 10.9 Å². The molecule has 29 heavy (non-hydrogen) atoms. The number of carbonyl (C=O) groups excluding carboxylic acids is 1. The van der Waals surface area contributed by atoms with Crippen molar-refractivity contribution in [1.82, 2.24) is 9.99 Å². The number of phenols is 1. The molecule has 0 saturated heterocycles. The summed E-state index contributed by atoms with van der Waals surface area (Å²) < 4.78 is 0. The van der Waals surface area contributed by atoms with Gasteiger partial charge in [0.15, 0.2) is 11.1 Å². The summed E-state index contributed by atoms with van der Waals surface area (Å²) in [6.07, 6.45) is -0.312. The number of hydrogen-bond donors (Lipinski definition) is 3. The van der Waals surface area contributed by atoms with Crippen LogP contribution in [0.1, 0.15) is 16.1 Å². The van der Waals surface area contributed by atoms with Crippen molar-refractivity contribution in [3.8, 4) is 11.5 Å². The highest BCUT2D eigenvalue weighted by atomic mass is 16.7. The predicted octanol–water partition coefficient (Wildman–Crippen LogP) is 1.98. The number of carboxylic acids is 1. The van der Waals surface area contributed by atoms with Gasteiger partial charge < -0.3 is 15.3 Å². The Hall–Kier alpha value is -4.21. The molecule has 0 spiro atoms. The number of hydrazine groups is 1. The van der Waals surface area contributed by atoms with E-state index in [9.17, 15) is 35.0 Å². The van der Waals surface area contributed by atoms with Crippen molar-refractivity contribution in [2.45, 2.75) is 12.5 Å². The maximum absolute atomic E-state index is 12.8. The Morgan fingerprint density at radius 3 is 2.38 bits per heavy atom. The van der Waals surface area contributed by atoms with Gasteiger partial charge in [0.05, 0.1) is 0 Å². The van der Waals surface area contributed by atoms with Crippen molar-refractivity contribution >= 4 is 22.8 Å². The number of phenolic OH excluding ortho intramolecular Hbond substituents is 1. The Kier molecular flexibility index (Phi) is 5.26. The molecule has 1 atom stereocenters. The van der Waals surface area contributed by atoms with Gasteiger partial charge in [0.2, 0.25) is 0 Å². The van der Waals surface area contributed by atoms with Crippen LogP contribution in [0.2, 0.25) is 0 Å². The highest BCUT2D eigenvalue weighted by molar-refractivity contribution is 5.99. The maximum atomic E-state index is 12.8. The quantitative estimate of drug-likeness (QED) is 0.421. The second-order valence-corrected chi connectivity index (χ2v) is 6.13. The minimum Gasteiger partial charge on any atom is -0.507 e. The Labute approximate surface area is 163 Å². The summed E-state index contributed by atoms with van der Waals surface area (Å²) in [5.74, 6) is -3.70. The molecule has 0 aliphatic rings. The normalized spacial score (nSPS) is 11.7. The number of amides is 1. The van der Waals surface area contributed by atoms with E-state index in [0.717, 1.165) is 6.07 Å². The molecule has 0 bridgehead atoms. The van der Waals surface area contributed by atoms with Gasteiger partial charge >= 0.3 is 11.9 Å². The molecule has 3 aromatic rings. The molecule has 0 radical (unpaired) electrons. The molecule has 0 fully saturated rings. The van der Waals surface area contributed by atoms with Crippen molar-refractivity contribution in [1.29, 1.82) is 0 Å². The Bertz CT molecular complexity index is 1100. The van der Waals surface area contributed by atoms with Gasteiger partial charge in [-0.1, -0.05) is 36.4 Å².